The van der Waals surface area contributed by atoms with Gasteiger partial charge in [0, 0.05) is 30.4 Å². The Morgan fingerprint density at radius 2 is 2.08 bits per heavy atom. The first kappa shape index (κ1) is 15.1. The first-order valence-electron chi connectivity index (χ1n) is 7.79. The monoisotopic (exact) mass is 336 g/mol. The highest BCUT2D eigenvalue weighted by Gasteiger charge is 2.16. The fourth-order valence-corrected chi connectivity index (χ4v) is 2.89. The van der Waals surface area contributed by atoms with E-state index < -0.39 is 0 Å². The zero-order valence-corrected chi connectivity index (χ0v) is 13.5. The van der Waals surface area contributed by atoms with E-state index in [1.54, 1.807) is 18.2 Å². The zero-order valence-electron chi connectivity index (χ0n) is 13.5. The lowest BCUT2D eigenvalue weighted by molar-refractivity contribution is -0.118. The van der Waals surface area contributed by atoms with E-state index in [2.05, 4.69) is 16.0 Å². The van der Waals surface area contributed by atoms with E-state index in [4.69, 9.17) is 4.74 Å². The molecule has 0 spiro atoms. The van der Waals surface area contributed by atoms with Crippen molar-refractivity contribution < 1.29 is 14.3 Å². The summed E-state index contributed by atoms with van der Waals surface area (Å²) in [6, 6.07) is 12.5. The van der Waals surface area contributed by atoms with Gasteiger partial charge in [-0.25, -0.2) is 4.79 Å². The molecule has 3 N–H and O–H groups in total. The summed E-state index contributed by atoms with van der Waals surface area (Å²) in [6.07, 6.45) is 1.95. The number of ether oxygens (including phenoxy) is 1. The van der Waals surface area contributed by atoms with Crippen LogP contribution in [0.5, 0.6) is 5.75 Å². The van der Waals surface area contributed by atoms with Crippen molar-refractivity contribution in [2.45, 2.75) is 0 Å². The number of carbonyl (C=O) groups is 2. The van der Waals surface area contributed by atoms with Crippen LogP contribution in [-0.4, -0.2) is 23.1 Å². The SMILES string of the molecule is Cn1ccc2cccc(NC(=O)Nc3ccc4c(c3)OCC(=O)N4)c21. The average molecular weight is 336 g/mol. The molecule has 1 aliphatic rings. The maximum absolute atomic E-state index is 12.3. The minimum absolute atomic E-state index is 0.0296. The number of benzene rings is 2. The smallest absolute Gasteiger partial charge is 0.323 e. The van der Waals surface area contributed by atoms with Crippen LogP contribution in [0.25, 0.3) is 10.9 Å². The Hall–Kier alpha value is -3.48. The number of nitrogens with zero attached hydrogens (tertiary/aromatic N) is 1. The number of anilines is 3. The molecular weight excluding hydrogens is 320 g/mol. The molecule has 0 saturated carbocycles. The van der Waals surface area contributed by atoms with Crippen molar-refractivity contribution in [2.75, 3.05) is 22.6 Å². The Morgan fingerprint density at radius 3 is 2.96 bits per heavy atom. The first-order chi connectivity index (χ1) is 12.1. The van der Waals surface area contributed by atoms with E-state index in [-0.39, 0.29) is 18.5 Å². The second kappa shape index (κ2) is 5.86. The second-order valence-corrected chi connectivity index (χ2v) is 5.80. The average Bonchev–Trinajstić information content (AvgIpc) is 2.97. The molecule has 3 aromatic rings. The molecule has 0 atom stereocenters. The van der Waals surface area contributed by atoms with Crippen molar-refractivity contribution in [3.8, 4) is 5.75 Å². The highest BCUT2D eigenvalue weighted by Crippen LogP contribution is 2.30. The van der Waals surface area contributed by atoms with Gasteiger partial charge in [-0.2, -0.15) is 0 Å². The van der Waals surface area contributed by atoms with Crippen LogP contribution in [0.1, 0.15) is 0 Å². The maximum Gasteiger partial charge on any atom is 0.323 e. The number of fused-ring (bicyclic) bond motifs is 2. The van der Waals surface area contributed by atoms with E-state index in [1.165, 1.54) is 0 Å². The number of urea groups is 1. The van der Waals surface area contributed by atoms with Crippen molar-refractivity contribution in [2.24, 2.45) is 7.05 Å². The molecule has 0 bridgehead atoms. The van der Waals surface area contributed by atoms with Crippen LogP contribution in [0.15, 0.2) is 48.7 Å². The predicted octanol–water partition coefficient (Wildman–Crippen LogP) is 3.15. The summed E-state index contributed by atoms with van der Waals surface area (Å²) in [4.78, 5) is 23.6. The quantitative estimate of drug-likeness (QED) is 0.672. The molecule has 7 heteroatoms. The summed E-state index contributed by atoms with van der Waals surface area (Å²) in [5.74, 6) is 0.337. The Morgan fingerprint density at radius 1 is 1.20 bits per heavy atom. The lowest BCUT2D eigenvalue weighted by Crippen LogP contribution is -2.25. The van der Waals surface area contributed by atoms with Crippen LogP contribution < -0.4 is 20.7 Å². The molecule has 1 aromatic heterocycles. The van der Waals surface area contributed by atoms with Gasteiger partial charge in [0.25, 0.3) is 5.91 Å². The van der Waals surface area contributed by atoms with Crippen LogP contribution in [-0.2, 0) is 11.8 Å². The highest BCUT2D eigenvalue weighted by molar-refractivity contribution is 6.05. The Kier molecular flexibility index (Phi) is 3.53. The second-order valence-electron chi connectivity index (χ2n) is 5.80. The highest BCUT2D eigenvalue weighted by atomic mass is 16.5. The summed E-state index contributed by atoms with van der Waals surface area (Å²) >= 11 is 0. The molecule has 0 saturated heterocycles. The third kappa shape index (κ3) is 2.87. The number of aromatic nitrogens is 1. The van der Waals surface area contributed by atoms with Crippen LogP contribution in [0.3, 0.4) is 0 Å². The molecule has 126 valence electrons. The predicted molar refractivity (Wildman–Crippen MR) is 96.1 cm³/mol. The molecule has 3 amide bonds. The van der Waals surface area contributed by atoms with Gasteiger partial charge in [0.05, 0.1) is 16.9 Å². The van der Waals surface area contributed by atoms with Crippen molar-refractivity contribution in [3.05, 3.63) is 48.7 Å². The molecule has 0 unspecified atom stereocenters. The van der Waals surface area contributed by atoms with Crippen LogP contribution in [0, 0.1) is 0 Å². The molecule has 2 aromatic carbocycles. The third-order valence-corrected chi connectivity index (χ3v) is 4.02. The fraction of sp³-hybridized carbons (Fsp3) is 0.111. The fourth-order valence-electron chi connectivity index (χ4n) is 2.89. The van der Waals surface area contributed by atoms with Gasteiger partial charge in [-0.15, -0.1) is 0 Å². The maximum atomic E-state index is 12.3. The van der Waals surface area contributed by atoms with E-state index in [9.17, 15) is 9.59 Å². The van der Waals surface area contributed by atoms with Gasteiger partial charge in [-0.3, -0.25) is 4.79 Å². The summed E-state index contributed by atoms with van der Waals surface area (Å²) < 4.78 is 7.31. The molecule has 0 radical (unpaired) electrons. The van der Waals surface area contributed by atoms with E-state index in [0.29, 0.717) is 17.1 Å². The van der Waals surface area contributed by atoms with Gasteiger partial charge in [0.15, 0.2) is 6.61 Å². The zero-order chi connectivity index (χ0) is 17.4. The van der Waals surface area contributed by atoms with Crippen molar-refractivity contribution in [1.82, 2.24) is 4.57 Å². The van der Waals surface area contributed by atoms with Gasteiger partial charge in [0.1, 0.15) is 5.75 Å². The Labute approximate surface area is 143 Å². The summed E-state index contributed by atoms with van der Waals surface area (Å²) in [6.45, 7) is -0.0296. The van der Waals surface area contributed by atoms with Gasteiger partial charge in [-0.1, -0.05) is 12.1 Å². The van der Waals surface area contributed by atoms with Crippen LogP contribution >= 0.6 is 0 Å². The van der Waals surface area contributed by atoms with Crippen molar-refractivity contribution in [3.63, 3.8) is 0 Å². The summed E-state index contributed by atoms with van der Waals surface area (Å²) in [5.41, 5.74) is 2.85. The molecule has 0 fully saturated rings. The molecule has 0 aliphatic carbocycles. The minimum atomic E-state index is -0.353. The van der Waals surface area contributed by atoms with Gasteiger partial charge >= 0.3 is 6.03 Å². The van der Waals surface area contributed by atoms with E-state index in [0.717, 1.165) is 16.6 Å². The van der Waals surface area contributed by atoms with E-state index >= 15 is 0 Å². The van der Waals surface area contributed by atoms with Crippen molar-refractivity contribution >= 4 is 39.9 Å². The molecule has 4 rings (SSSR count). The van der Waals surface area contributed by atoms with Gasteiger partial charge < -0.3 is 25.3 Å². The Balaban J connectivity index is 1.52. The van der Waals surface area contributed by atoms with Gasteiger partial charge in [-0.05, 0) is 24.3 Å². The lowest BCUT2D eigenvalue weighted by Gasteiger charge is -2.18. The third-order valence-electron chi connectivity index (χ3n) is 4.02. The normalized spacial score (nSPS) is 12.9. The number of para-hydroxylation sites is 1. The minimum Gasteiger partial charge on any atom is -0.482 e. The molecule has 2 heterocycles. The lowest BCUT2D eigenvalue weighted by atomic mass is 10.2. The first-order valence-corrected chi connectivity index (χ1v) is 7.79. The number of aryl methyl sites for hydroxylation is 1. The van der Waals surface area contributed by atoms with Crippen LogP contribution in [0.2, 0.25) is 0 Å². The number of hydrogen-bond acceptors (Lipinski definition) is 3. The number of nitrogens with one attached hydrogen (secondary N) is 3. The van der Waals surface area contributed by atoms with Gasteiger partial charge in [0.2, 0.25) is 0 Å². The Bertz CT molecular complexity index is 993. The molecule has 1 aliphatic heterocycles. The largest absolute Gasteiger partial charge is 0.482 e. The van der Waals surface area contributed by atoms with Crippen LogP contribution in [0.4, 0.5) is 21.9 Å². The topological polar surface area (TPSA) is 84.4 Å². The number of rotatable bonds is 2. The molecule has 7 nitrogen and oxygen atoms in total. The number of hydrogen-bond donors (Lipinski definition) is 3. The van der Waals surface area contributed by atoms with E-state index in [1.807, 2.05) is 42.1 Å². The molecular formula is C18H16N4O3. The number of carbonyl (C=O) groups excluding carboxylic acids is 2. The number of amides is 3. The standard InChI is InChI=1S/C18H16N4O3/c1-22-8-7-11-3-2-4-14(17(11)22)21-18(24)19-12-5-6-13-15(9-12)25-10-16(23)20-13/h2-9H,10H2,1H3,(H,20,23)(H2,19,21,24). The summed E-state index contributed by atoms with van der Waals surface area (Å²) in [7, 11) is 1.93. The molecule has 25 heavy (non-hydrogen) atoms. The van der Waals surface area contributed by atoms with Crippen molar-refractivity contribution in [1.29, 1.82) is 0 Å². The summed E-state index contributed by atoms with van der Waals surface area (Å²) in [5, 5.41) is 9.40.